The highest BCUT2D eigenvalue weighted by molar-refractivity contribution is 9.10. The van der Waals surface area contributed by atoms with Crippen LogP contribution >= 0.6 is 28.3 Å². The number of phenolic OH excluding ortho intramolecular Hbond substituents is 1. The van der Waals surface area contributed by atoms with Crippen molar-refractivity contribution < 1.29 is 5.11 Å². The lowest BCUT2D eigenvalue weighted by molar-refractivity contribution is 0.452. The molecule has 0 bridgehead atoms. The maximum absolute atomic E-state index is 9.33. The second-order valence-electron chi connectivity index (χ2n) is 3.62. The van der Waals surface area contributed by atoms with Crippen molar-refractivity contribution in [3.05, 3.63) is 28.2 Å². The highest BCUT2D eigenvalue weighted by atomic mass is 79.9. The summed E-state index contributed by atoms with van der Waals surface area (Å²) in [6, 6.07) is 5.46. The molecule has 0 aromatic heterocycles. The monoisotopic (exact) mass is 293 g/mol. The van der Waals surface area contributed by atoms with Gasteiger partial charge >= 0.3 is 0 Å². The second-order valence-corrected chi connectivity index (χ2v) is 4.48. The minimum atomic E-state index is 0. The molecule has 86 valence electrons. The first-order valence-corrected chi connectivity index (χ1v) is 5.59. The summed E-state index contributed by atoms with van der Waals surface area (Å²) in [4.78, 5) is 0. The van der Waals surface area contributed by atoms with Gasteiger partial charge < -0.3 is 10.8 Å². The smallest absolute Gasteiger partial charge is 0.129 e. The van der Waals surface area contributed by atoms with Crippen LogP contribution in [0.3, 0.4) is 0 Å². The Hall–Kier alpha value is -0.250. The van der Waals surface area contributed by atoms with E-state index in [1.807, 2.05) is 12.1 Å². The van der Waals surface area contributed by atoms with Crippen molar-refractivity contribution in [3.63, 3.8) is 0 Å². The molecule has 0 amide bonds. The number of benzene rings is 1. The van der Waals surface area contributed by atoms with Gasteiger partial charge in [0.05, 0.1) is 4.47 Å². The average molecular weight is 295 g/mol. The third kappa shape index (κ3) is 3.67. The fourth-order valence-electron chi connectivity index (χ4n) is 1.31. The van der Waals surface area contributed by atoms with Gasteiger partial charge in [0, 0.05) is 6.04 Å². The molecule has 1 aromatic rings. The number of phenols is 1. The zero-order valence-corrected chi connectivity index (χ0v) is 11.3. The van der Waals surface area contributed by atoms with Crippen LogP contribution in [-0.2, 0) is 0 Å². The Bertz CT molecular complexity index is 319. The molecule has 1 aromatic carbocycles. The molecular formula is C11H17BrClNO. The largest absolute Gasteiger partial charge is 0.507 e. The van der Waals surface area contributed by atoms with E-state index >= 15 is 0 Å². The summed E-state index contributed by atoms with van der Waals surface area (Å²) >= 11 is 3.28. The Morgan fingerprint density at radius 3 is 2.53 bits per heavy atom. The van der Waals surface area contributed by atoms with E-state index in [0.29, 0.717) is 10.4 Å². The quantitative estimate of drug-likeness (QED) is 0.894. The standard InChI is InChI=1S/C11H16BrNO.ClH/c1-3-7(2)11(13)8-4-5-10(14)9(12)6-8;/h4-7,11,14H,3,13H2,1-2H3;1H/t7?,11-;/m1./s1. The molecule has 0 aliphatic rings. The van der Waals surface area contributed by atoms with Crippen LogP contribution in [0.2, 0.25) is 0 Å². The summed E-state index contributed by atoms with van der Waals surface area (Å²) in [5.74, 6) is 0.705. The van der Waals surface area contributed by atoms with E-state index in [1.165, 1.54) is 0 Å². The van der Waals surface area contributed by atoms with Crippen LogP contribution in [0, 0.1) is 5.92 Å². The number of aromatic hydroxyl groups is 1. The summed E-state index contributed by atoms with van der Waals surface area (Å²) < 4.78 is 0.703. The summed E-state index contributed by atoms with van der Waals surface area (Å²) in [5.41, 5.74) is 7.12. The van der Waals surface area contributed by atoms with Gasteiger partial charge in [0.25, 0.3) is 0 Å². The Morgan fingerprint density at radius 2 is 2.07 bits per heavy atom. The van der Waals surface area contributed by atoms with Crippen LogP contribution in [-0.4, -0.2) is 5.11 Å². The lowest BCUT2D eigenvalue weighted by Gasteiger charge is -2.19. The highest BCUT2D eigenvalue weighted by Gasteiger charge is 2.13. The third-order valence-corrected chi connectivity index (χ3v) is 3.25. The molecule has 0 aliphatic heterocycles. The zero-order chi connectivity index (χ0) is 10.7. The van der Waals surface area contributed by atoms with Crippen molar-refractivity contribution in [2.24, 2.45) is 11.7 Å². The van der Waals surface area contributed by atoms with Crippen LogP contribution in [0.25, 0.3) is 0 Å². The van der Waals surface area contributed by atoms with Crippen LogP contribution < -0.4 is 5.73 Å². The molecule has 0 spiro atoms. The van der Waals surface area contributed by atoms with Gasteiger partial charge in [-0.05, 0) is 39.5 Å². The van der Waals surface area contributed by atoms with Gasteiger partial charge in [0.2, 0.25) is 0 Å². The first-order valence-electron chi connectivity index (χ1n) is 4.80. The van der Waals surface area contributed by atoms with E-state index in [0.717, 1.165) is 12.0 Å². The summed E-state index contributed by atoms with van der Waals surface area (Å²) in [7, 11) is 0. The third-order valence-electron chi connectivity index (χ3n) is 2.61. The van der Waals surface area contributed by atoms with E-state index in [9.17, 15) is 5.11 Å². The Morgan fingerprint density at radius 1 is 1.47 bits per heavy atom. The summed E-state index contributed by atoms with van der Waals surface area (Å²) in [6.45, 7) is 4.26. The molecule has 1 rings (SSSR count). The van der Waals surface area contributed by atoms with Gasteiger partial charge in [-0.3, -0.25) is 0 Å². The number of nitrogens with two attached hydrogens (primary N) is 1. The van der Waals surface area contributed by atoms with Gasteiger partial charge in [-0.2, -0.15) is 0 Å². The Balaban J connectivity index is 0.00000196. The first-order chi connectivity index (χ1) is 6.56. The summed E-state index contributed by atoms with van der Waals surface area (Å²) in [5, 5.41) is 9.33. The highest BCUT2D eigenvalue weighted by Crippen LogP contribution is 2.29. The van der Waals surface area contributed by atoms with Crippen molar-refractivity contribution in [3.8, 4) is 5.75 Å². The summed E-state index contributed by atoms with van der Waals surface area (Å²) in [6.07, 6.45) is 1.06. The van der Waals surface area contributed by atoms with Crippen molar-refractivity contribution in [1.29, 1.82) is 0 Å². The van der Waals surface area contributed by atoms with Gasteiger partial charge in [-0.15, -0.1) is 12.4 Å². The molecule has 2 nitrogen and oxygen atoms in total. The van der Waals surface area contributed by atoms with Crippen molar-refractivity contribution in [1.82, 2.24) is 0 Å². The molecule has 15 heavy (non-hydrogen) atoms. The molecule has 4 heteroatoms. The number of halogens is 2. The SMILES string of the molecule is CCC(C)[C@@H](N)c1ccc(O)c(Br)c1.Cl. The number of hydrogen-bond donors (Lipinski definition) is 2. The molecule has 2 atom stereocenters. The minimum Gasteiger partial charge on any atom is -0.507 e. The van der Waals surface area contributed by atoms with E-state index in [1.54, 1.807) is 6.07 Å². The minimum absolute atomic E-state index is 0. The van der Waals surface area contributed by atoms with E-state index in [-0.39, 0.29) is 24.2 Å². The maximum Gasteiger partial charge on any atom is 0.129 e. The lowest BCUT2D eigenvalue weighted by Crippen LogP contribution is -2.18. The van der Waals surface area contributed by atoms with Gasteiger partial charge in [-0.1, -0.05) is 26.3 Å². The average Bonchev–Trinajstić information content (AvgIpc) is 2.20. The van der Waals surface area contributed by atoms with Crippen LogP contribution in [0.4, 0.5) is 0 Å². The molecule has 0 aliphatic carbocycles. The Kier molecular flexibility index (Phi) is 6.25. The molecule has 0 saturated carbocycles. The first kappa shape index (κ1) is 14.8. The number of rotatable bonds is 3. The topological polar surface area (TPSA) is 46.2 Å². The second kappa shape index (κ2) is 6.36. The fraction of sp³-hybridized carbons (Fsp3) is 0.455. The van der Waals surface area contributed by atoms with Crippen LogP contribution in [0.5, 0.6) is 5.75 Å². The van der Waals surface area contributed by atoms with Gasteiger partial charge in [-0.25, -0.2) is 0 Å². The number of hydrogen-bond acceptors (Lipinski definition) is 2. The van der Waals surface area contributed by atoms with Crippen molar-refractivity contribution in [2.75, 3.05) is 0 Å². The lowest BCUT2D eigenvalue weighted by atomic mass is 9.93. The van der Waals surface area contributed by atoms with Crippen molar-refractivity contribution >= 4 is 28.3 Å². The van der Waals surface area contributed by atoms with Crippen LogP contribution in [0.1, 0.15) is 31.9 Å². The zero-order valence-electron chi connectivity index (χ0n) is 8.90. The molecule has 0 fully saturated rings. The molecule has 0 radical (unpaired) electrons. The molecule has 3 N–H and O–H groups in total. The van der Waals surface area contributed by atoms with Gasteiger partial charge in [0.15, 0.2) is 0 Å². The van der Waals surface area contributed by atoms with Gasteiger partial charge in [0.1, 0.15) is 5.75 Å². The molecule has 1 unspecified atom stereocenters. The predicted molar refractivity (Wildman–Crippen MR) is 69.4 cm³/mol. The van der Waals surface area contributed by atoms with E-state index in [2.05, 4.69) is 29.8 Å². The maximum atomic E-state index is 9.33. The molecule has 0 saturated heterocycles. The molecular weight excluding hydrogens is 277 g/mol. The van der Waals surface area contributed by atoms with Crippen molar-refractivity contribution in [2.45, 2.75) is 26.3 Å². The normalized spacial score (nSPS) is 14.1. The predicted octanol–water partition coefficient (Wildman–Crippen LogP) is 3.62. The van der Waals surface area contributed by atoms with Crippen LogP contribution in [0.15, 0.2) is 22.7 Å². The molecule has 0 heterocycles. The Labute approximate surface area is 105 Å². The van der Waals surface area contributed by atoms with E-state index < -0.39 is 0 Å². The fourth-order valence-corrected chi connectivity index (χ4v) is 1.71. The van der Waals surface area contributed by atoms with E-state index in [4.69, 9.17) is 5.73 Å².